The zero-order valence-corrected chi connectivity index (χ0v) is 16.5. The molecule has 1 aromatic rings. The molecule has 1 fully saturated rings. The van der Waals surface area contributed by atoms with Crippen LogP contribution in [0.15, 0.2) is 29.8 Å². The Kier molecular flexibility index (Phi) is 7.48. The number of methoxy groups -OCH3 is 1. The van der Waals surface area contributed by atoms with Crippen molar-refractivity contribution in [2.45, 2.75) is 31.8 Å². The minimum absolute atomic E-state index is 0.254. The van der Waals surface area contributed by atoms with Crippen LogP contribution in [-0.2, 0) is 13.7 Å². The fourth-order valence-corrected chi connectivity index (χ4v) is 3.60. The van der Waals surface area contributed by atoms with E-state index in [1.807, 2.05) is 13.0 Å². The lowest BCUT2D eigenvalue weighted by Crippen LogP contribution is -2.23. The highest BCUT2D eigenvalue weighted by Crippen LogP contribution is 2.35. The Morgan fingerprint density at radius 1 is 1.67 bits per heavy atom. The molecule has 2 rings (SSSR count). The third-order valence-electron chi connectivity index (χ3n) is 3.52. The molecule has 0 saturated carbocycles. The molecule has 4 nitrogen and oxygen atoms in total. The van der Waals surface area contributed by atoms with Crippen molar-refractivity contribution in [3.05, 3.63) is 39.9 Å². The van der Waals surface area contributed by atoms with Gasteiger partial charge in [-0.15, -0.1) is 0 Å². The summed E-state index contributed by atoms with van der Waals surface area (Å²) in [6.07, 6.45) is 1.54. The molecule has 1 radical (unpaired) electrons. The van der Waals surface area contributed by atoms with Crippen molar-refractivity contribution in [1.29, 1.82) is 2.61 Å². The summed E-state index contributed by atoms with van der Waals surface area (Å²) >= 11 is 13.0. The molecule has 1 heterocycles. The van der Waals surface area contributed by atoms with Crippen molar-refractivity contribution in [3.63, 3.8) is 0 Å². The van der Waals surface area contributed by atoms with Gasteiger partial charge in [0.05, 0.1) is 6.30 Å². The van der Waals surface area contributed by atoms with Crippen LogP contribution in [0.25, 0.3) is 0 Å². The van der Waals surface area contributed by atoms with Crippen molar-refractivity contribution in [3.8, 4) is 5.75 Å². The highest BCUT2D eigenvalue weighted by molar-refractivity contribution is 8.53. The second-order valence-electron chi connectivity index (χ2n) is 5.11. The monoisotopic (exact) mass is 410 g/mol. The molecule has 0 aromatic heterocycles. The molecule has 1 aliphatic heterocycles. The predicted molar refractivity (Wildman–Crippen MR) is 104 cm³/mol. The van der Waals surface area contributed by atoms with Crippen molar-refractivity contribution in [2.75, 3.05) is 13.7 Å². The first-order valence-corrected chi connectivity index (χ1v) is 10.3. The molecule has 24 heavy (non-hydrogen) atoms. The summed E-state index contributed by atoms with van der Waals surface area (Å²) in [7, 11) is 1.28. The van der Waals surface area contributed by atoms with Crippen LogP contribution in [0.1, 0.15) is 13.3 Å². The molecule has 0 N–H and O–H groups in total. The second-order valence-corrected chi connectivity index (χ2v) is 7.58. The summed E-state index contributed by atoms with van der Waals surface area (Å²) in [5, 5.41) is 1.00. The van der Waals surface area contributed by atoms with E-state index in [4.69, 9.17) is 44.2 Å². The zero-order valence-electron chi connectivity index (χ0n) is 15.3. The van der Waals surface area contributed by atoms with Gasteiger partial charge in [0.25, 0.3) is 0 Å². The molecular formula is C15H19BCl2O4PS. The lowest BCUT2D eigenvalue weighted by molar-refractivity contribution is -0.107. The Labute approximate surface area is 162 Å². The molecule has 0 bridgehead atoms. The molecule has 0 amide bonds. The molecule has 0 spiro atoms. The summed E-state index contributed by atoms with van der Waals surface area (Å²) in [6, 6.07) is 5.06. The van der Waals surface area contributed by atoms with Gasteiger partial charge in [-0.05, 0) is 38.1 Å². The number of rotatable bonds is 9. The fraction of sp³-hybridized carbons (Fsp3) is 0.467. The largest absolute Gasteiger partial charge is 0.488 e. The highest BCUT2D eigenvalue weighted by Gasteiger charge is 2.37. The third kappa shape index (κ3) is 5.81. The van der Waals surface area contributed by atoms with Gasteiger partial charge in [-0.2, -0.15) is 0 Å². The Hall–Kier alpha value is 0.0649. The average molecular weight is 411 g/mol. The van der Waals surface area contributed by atoms with Crippen molar-refractivity contribution in [2.24, 2.45) is 0 Å². The van der Waals surface area contributed by atoms with E-state index < -0.39 is 7.61 Å². The Morgan fingerprint density at radius 2 is 2.50 bits per heavy atom. The van der Waals surface area contributed by atoms with E-state index in [9.17, 15) is 0 Å². The molecule has 1 aliphatic rings. The standard InChI is InChI=1S/C15H19BCl2O4PS/c1-9(5-6-20-12-4-3-10(17)7-11(12)18)15-13(22-24-23-16)8-14(19-2)21-15/h3-5,7,13-16,23H,6,8H2,1-2H3/b9-5+/t13-,14?,15+,23?/m0/s1/i16T,23D. The van der Waals surface area contributed by atoms with Crippen LogP contribution < -0.4 is 4.74 Å². The topological polar surface area (TPSA) is 36.9 Å². The van der Waals surface area contributed by atoms with Gasteiger partial charge < -0.3 is 18.4 Å². The lowest BCUT2D eigenvalue weighted by Gasteiger charge is -2.18. The number of hydrogen-bond donors (Lipinski definition) is 0. The van der Waals surface area contributed by atoms with Gasteiger partial charge in [-0.25, -0.2) is 0 Å². The molecular weight excluding hydrogens is 389 g/mol. The van der Waals surface area contributed by atoms with Crippen LogP contribution in [0.2, 0.25) is 10.0 Å². The van der Waals surface area contributed by atoms with Gasteiger partial charge in [-0.1, -0.05) is 30.8 Å². The van der Waals surface area contributed by atoms with E-state index in [0.29, 0.717) is 28.8 Å². The smallest absolute Gasteiger partial charge is 0.160 e. The molecule has 2 unspecified atom stereocenters. The minimum atomic E-state index is -1.38. The van der Waals surface area contributed by atoms with E-state index in [1.54, 1.807) is 25.3 Å². The minimum Gasteiger partial charge on any atom is -0.488 e. The normalized spacial score (nSPS) is 26.7. The summed E-state index contributed by atoms with van der Waals surface area (Å²) in [6.45, 7) is 2.24. The quantitative estimate of drug-likeness (QED) is 0.259. The van der Waals surface area contributed by atoms with Crippen LogP contribution in [0, 0.1) is 0 Å². The fourth-order valence-electron chi connectivity index (χ4n) is 2.31. The Bertz CT molecular complexity index is 631. The van der Waals surface area contributed by atoms with Crippen LogP contribution >= 0.6 is 42.5 Å². The summed E-state index contributed by atoms with van der Waals surface area (Å²) in [5.41, 5.74) is 0.935. The van der Waals surface area contributed by atoms with Crippen LogP contribution in [0.4, 0.5) is 0 Å². The molecule has 4 atom stereocenters. The van der Waals surface area contributed by atoms with E-state index in [0.717, 1.165) is 24.8 Å². The predicted octanol–water partition coefficient (Wildman–Crippen LogP) is 4.52. The highest BCUT2D eigenvalue weighted by atomic mass is 35.5. The van der Waals surface area contributed by atoms with Crippen LogP contribution in [0.3, 0.4) is 0 Å². The molecule has 9 heteroatoms. The summed E-state index contributed by atoms with van der Waals surface area (Å²) < 4.78 is 37.2. The van der Waals surface area contributed by atoms with Gasteiger partial charge in [0.15, 0.2) is 6.29 Å². The Morgan fingerprint density at radius 3 is 3.21 bits per heavy atom. The zero-order chi connectivity index (χ0) is 19.1. The van der Waals surface area contributed by atoms with Gasteiger partial charge in [0.1, 0.15) is 32.1 Å². The second kappa shape index (κ2) is 10.3. The summed E-state index contributed by atoms with van der Waals surface area (Å²) in [4.78, 5) is 0. The maximum Gasteiger partial charge on any atom is 0.160 e. The first kappa shape index (κ1) is 17.5. The average Bonchev–Trinajstić information content (AvgIpc) is 3.04. The van der Waals surface area contributed by atoms with Gasteiger partial charge in [-0.3, -0.25) is 0 Å². The Balaban J connectivity index is 1.95. The number of ether oxygens (including phenoxy) is 3. The molecule has 131 valence electrons. The van der Waals surface area contributed by atoms with Gasteiger partial charge in [0.2, 0.25) is 0 Å². The number of benzene rings is 1. The molecule has 1 aromatic carbocycles. The SMILES string of the molecule is [2H]P([B][3H])SO[C@H]1CC(OC)O[C@@H]1/C(C)=C/COc1ccc(Cl)cc1Cl. The lowest BCUT2D eigenvalue weighted by atomic mass is 10.1. The third-order valence-corrected chi connectivity index (χ3v) is 4.99. The van der Waals surface area contributed by atoms with Crippen molar-refractivity contribution < 1.29 is 18.4 Å². The van der Waals surface area contributed by atoms with Crippen LogP contribution in [0.5, 0.6) is 5.75 Å². The van der Waals surface area contributed by atoms with E-state index >= 15 is 0 Å². The molecule has 0 aliphatic carbocycles. The maximum atomic E-state index is 7.63. The molecule has 1 saturated heterocycles. The van der Waals surface area contributed by atoms with E-state index in [1.165, 1.54) is 0 Å². The van der Waals surface area contributed by atoms with Crippen molar-refractivity contribution >= 4 is 50.0 Å². The van der Waals surface area contributed by atoms with Crippen molar-refractivity contribution in [1.82, 2.24) is 0 Å². The van der Waals surface area contributed by atoms with Gasteiger partial charge in [0, 0.05) is 30.2 Å². The number of halogens is 2. The summed E-state index contributed by atoms with van der Waals surface area (Å²) in [5.74, 6) is 0.552. The van der Waals surface area contributed by atoms with Gasteiger partial charge >= 0.3 is 0 Å². The van der Waals surface area contributed by atoms with Crippen LogP contribution in [-0.4, -0.2) is 42.4 Å². The number of hydrogen-bond acceptors (Lipinski definition) is 5. The maximum absolute atomic E-state index is 7.63. The first-order chi connectivity index (χ1) is 12.4. The first-order valence-electron chi connectivity index (χ1n) is 8.23. The van der Waals surface area contributed by atoms with E-state index in [2.05, 4.69) is 0 Å². The van der Waals surface area contributed by atoms with E-state index in [-0.39, 0.29) is 18.5 Å².